The standard InChI is InChI=1S/C13H22F2N2OS/c1-4-16-7-10-13(9(2)3)17-12(19-10)5-6-18-8-11(14)15/h9,11,16H,4-8H2,1-3H3. The van der Waals surface area contributed by atoms with Gasteiger partial charge >= 0.3 is 0 Å². The highest BCUT2D eigenvalue weighted by molar-refractivity contribution is 7.11. The SMILES string of the molecule is CCNCc1sc(CCOCC(F)F)nc1C(C)C. The molecule has 19 heavy (non-hydrogen) atoms. The fourth-order valence-corrected chi connectivity index (χ4v) is 2.84. The molecule has 1 rings (SSSR count). The van der Waals surface area contributed by atoms with E-state index in [9.17, 15) is 8.78 Å². The van der Waals surface area contributed by atoms with Crippen LogP contribution >= 0.6 is 11.3 Å². The highest BCUT2D eigenvalue weighted by atomic mass is 32.1. The second-order valence-electron chi connectivity index (χ2n) is 4.57. The topological polar surface area (TPSA) is 34.1 Å². The van der Waals surface area contributed by atoms with Crippen LogP contribution in [-0.2, 0) is 17.7 Å². The van der Waals surface area contributed by atoms with Crippen molar-refractivity contribution in [2.45, 2.75) is 46.1 Å². The van der Waals surface area contributed by atoms with Gasteiger partial charge in [0, 0.05) is 17.8 Å². The van der Waals surface area contributed by atoms with Crippen molar-refractivity contribution >= 4 is 11.3 Å². The highest BCUT2D eigenvalue weighted by Crippen LogP contribution is 2.25. The van der Waals surface area contributed by atoms with Crippen molar-refractivity contribution in [3.05, 3.63) is 15.6 Å². The Labute approximate surface area is 117 Å². The van der Waals surface area contributed by atoms with E-state index < -0.39 is 13.0 Å². The zero-order chi connectivity index (χ0) is 14.3. The maximum Gasteiger partial charge on any atom is 0.261 e. The minimum absolute atomic E-state index is 0.302. The minimum atomic E-state index is -2.40. The fourth-order valence-electron chi connectivity index (χ4n) is 1.67. The fraction of sp³-hybridized carbons (Fsp3) is 0.769. The van der Waals surface area contributed by atoms with Gasteiger partial charge in [-0.1, -0.05) is 20.8 Å². The summed E-state index contributed by atoms with van der Waals surface area (Å²) in [7, 11) is 0. The van der Waals surface area contributed by atoms with Gasteiger partial charge in [-0.2, -0.15) is 0 Å². The molecular weight excluding hydrogens is 270 g/mol. The summed E-state index contributed by atoms with van der Waals surface area (Å²) in [6.45, 7) is 7.84. The predicted octanol–water partition coefficient (Wildman–Crippen LogP) is 3.20. The van der Waals surface area contributed by atoms with E-state index in [1.807, 2.05) is 0 Å². The van der Waals surface area contributed by atoms with Gasteiger partial charge in [-0.15, -0.1) is 11.3 Å². The third-order valence-electron chi connectivity index (χ3n) is 2.56. The summed E-state index contributed by atoms with van der Waals surface area (Å²) < 4.78 is 28.7. The Morgan fingerprint density at radius 2 is 2.11 bits per heavy atom. The van der Waals surface area contributed by atoms with Crippen LogP contribution in [0.1, 0.15) is 42.3 Å². The average Bonchev–Trinajstić information content (AvgIpc) is 2.75. The van der Waals surface area contributed by atoms with E-state index in [0.717, 1.165) is 23.8 Å². The van der Waals surface area contributed by atoms with Crippen molar-refractivity contribution in [1.29, 1.82) is 0 Å². The summed E-state index contributed by atoms with van der Waals surface area (Å²) >= 11 is 1.65. The van der Waals surface area contributed by atoms with E-state index in [4.69, 9.17) is 4.74 Å². The maximum atomic E-state index is 11.9. The van der Waals surface area contributed by atoms with Gasteiger partial charge in [0.25, 0.3) is 6.43 Å². The third kappa shape index (κ3) is 5.93. The van der Waals surface area contributed by atoms with Gasteiger partial charge in [-0.3, -0.25) is 0 Å². The number of rotatable bonds is 9. The van der Waals surface area contributed by atoms with Gasteiger partial charge in [-0.25, -0.2) is 13.8 Å². The van der Waals surface area contributed by atoms with Crippen molar-refractivity contribution in [1.82, 2.24) is 10.3 Å². The molecule has 0 bridgehead atoms. The van der Waals surface area contributed by atoms with Gasteiger partial charge in [0.15, 0.2) is 0 Å². The molecule has 0 atom stereocenters. The lowest BCUT2D eigenvalue weighted by molar-refractivity contribution is 0.0187. The first-order chi connectivity index (χ1) is 9.04. The van der Waals surface area contributed by atoms with Crippen LogP contribution in [0.2, 0.25) is 0 Å². The largest absolute Gasteiger partial charge is 0.375 e. The molecule has 0 unspecified atom stereocenters. The molecule has 3 nitrogen and oxygen atoms in total. The number of halogens is 2. The number of hydrogen-bond donors (Lipinski definition) is 1. The van der Waals surface area contributed by atoms with Crippen LogP contribution in [0.5, 0.6) is 0 Å². The summed E-state index contributed by atoms with van der Waals surface area (Å²) in [5.74, 6) is 0.376. The predicted molar refractivity (Wildman–Crippen MR) is 74.1 cm³/mol. The molecule has 0 radical (unpaired) electrons. The van der Waals surface area contributed by atoms with E-state index in [1.165, 1.54) is 4.88 Å². The lowest BCUT2D eigenvalue weighted by atomic mass is 10.1. The Bertz CT molecular complexity index is 370. The van der Waals surface area contributed by atoms with Crippen molar-refractivity contribution < 1.29 is 13.5 Å². The van der Waals surface area contributed by atoms with Crippen molar-refractivity contribution in [2.24, 2.45) is 0 Å². The quantitative estimate of drug-likeness (QED) is 0.710. The van der Waals surface area contributed by atoms with Gasteiger partial charge in [0.05, 0.1) is 17.3 Å². The number of ether oxygens (including phenoxy) is 1. The molecule has 0 saturated carbocycles. The Kier molecular flexibility index (Phi) is 7.41. The van der Waals surface area contributed by atoms with Crippen molar-refractivity contribution in [3.8, 4) is 0 Å². The first kappa shape index (κ1) is 16.5. The molecule has 110 valence electrons. The van der Waals surface area contributed by atoms with Crippen LogP contribution in [0.3, 0.4) is 0 Å². The normalized spacial score (nSPS) is 11.7. The third-order valence-corrected chi connectivity index (χ3v) is 3.69. The molecule has 0 aliphatic rings. The zero-order valence-electron chi connectivity index (χ0n) is 11.7. The molecule has 0 aliphatic carbocycles. The number of hydrogen-bond acceptors (Lipinski definition) is 4. The van der Waals surface area contributed by atoms with Crippen LogP contribution in [0.4, 0.5) is 8.78 Å². The minimum Gasteiger partial charge on any atom is -0.375 e. The summed E-state index contributed by atoms with van der Waals surface area (Å²) in [5, 5.41) is 4.26. The van der Waals surface area contributed by atoms with E-state index in [1.54, 1.807) is 11.3 Å². The summed E-state index contributed by atoms with van der Waals surface area (Å²) in [6.07, 6.45) is -1.80. The molecule has 6 heteroatoms. The molecule has 0 saturated heterocycles. The van der Waals surface area contributed by atoms with Crippen LogP contribution in [0.25, 0.3) is 0 Å². The van der Waals surface area contributed by atoms with E-state index in [2.05, 4.69) is 31.1 Å². The van der Waals surface area contributed by atoms with Gasteiger partial charge < -0.3 is 10.1 Å². The molecule has 0 aliphatic heterocycles. The molecule has 0 amide bonds. The van der Waals surface area contributed by atoms with E-state index in [-0.39, 0.29) is 0 Å². The molecule has 1 aromatic heterocycles. The first-order valence-corrected chi connectivity index (χ1v) is 7.41. The summed E-state index contributed by atoms with van der Waals surface area (Å²) in [4.78, 5) is 5.83. The van der Waals surface area contributed by atoms with E-state index >= 15 is 0 Å². The number of nitrogens with one attached hydrogen (secondary N) is 1. The Hall–Kier alpha value is -0.590. The lowest BCUT2D eigenvalue weighted by Crippen LogP contribution is -2.12. The average molecular weight is 292 g/mol. The first-order valence-electron chi connectivity index (χ1n) is 6.59. The molecule has 1 heterocycles. The summed E-state index contributed by atoms with van der Waals surface area (Å²) in [6, 6.07) is 0. The number of nitrogens with zero attached hydrogens (tertiary/aromatic N) is 1. The van der Waals surface area contributed by atoms with Gasteiger partial charge in [0.2, 0.25) is 0 Å². The van der Waals surface area contributed by atoms with Crippen LogP contribution in [-0.4, -0.2) is 31.2 Å². The van der Waals surface area contributed by atoms with Crippen molar-refractivity contribution in [3.63, 3.8) is 0 Å². The van der Waals surface area contributed by atoms with Gasteiger partial charge in [0.1, 0.15) is 6.61 Å². The van der Waals surface area contributed by atoms with E-state index in [0.29, 0.717) is 18.9 Å². The van der Waals surface area contributed by atoms with Crippen LogP contribution in [0, 0.1) is 0 Å². The molecule has 0 fully saturated rings. The van der Waals surface area contributed by atoms with Gasteiger partial charge in [-0.05, 0) is 12.5 Å². The molecule has 1 aromatic rings. The van der Waals surface area contributed by atoms with Crippen LogP contribution in [0.15, 0.2) is 0 Å². The Morgan fingerprint density at radius 3 is 2.68 bits per heavy atom. The zero-order valence-corrected chi connectivity index (χ0v) is 12.5. The monoisotopic (exact) mass is 292 g/mol. The molecule has 1 N–H and O–H groups in total. The number of aromatic nitrogens is 1. The Balaban J connectivity index is 2.54. The Morgan fingerprint density at radius 1 is 1.37 bits per heavy atom. The maximum absolute atomic E-state index is 11.9. The second kappa shape index (κ2) is 8.55. The number of alkyl halides is 2. The molecule has 0 aromatic carbocycles. The smallest absolute Gasteiger partial charge is 0.261 e. The second-order valence-corrected chi connectivity index (χ2v) is 5.74. The van der Waals surface area contributed by atoms with Crippen molar-refractivity contribution in [2.75, 3.05) is 19.8 Å². The molecule has 0 spiro atoms. The van der Waals surface area contributed by atoms with Crippen LogP contribution < -0.4 is 5.32 Å². The summed E-state index contributed by atoms with van der Waals surface area (Å²) in [5.41, 5.74) is 1.11. The number of thiazole rings is 1. The highest BCUT2D eigenvalue weighted by Gasteiger charge is 2.13. The molecular formula is C13H22F2N2OS. The lowest BCUT2D eigenvalue weighted by Gasteiger charge is -2.04.